The minimum Gasteiger partial charge on any atom is -0.452 e. The second-order valence-electron chi connectivity index (χ2n) is 7.11. The monoisotopic (exact) mass is 441 g/mol. The molecule has 1 atom stereocenters. The number of rotatable bonds is 6. The molecule has 0 aliphatic carbocycles. The van der Waals surface area contributed by atoms with Gasteiger partial charge < -0.3 is 20.7 Å². The summed E-state index contributed by atoms with van der Waals surface area (Å²) in [6.07, 6.45) is 0. The van der Waals surface area contributed by atoms with Crippen molar-refractivity contribution in [1.82, 2.24) is 5.32 Å². The molecule has 2 aromatic carbocycles. The summed E-state index contributed by atoms with van der Waals surface area (Å²) >= 11 is 1.40. The highest BCUT2D eigenvalue weighted by Gasteiger charge is 2.24. The molecule has 0 radical (unpaired) electrons. The minimum atomic E-state index is -0.698. The van der Waals surface area contributed by atoms with Crippen LogP contribution in [0.15, 0.2) is 41.3 Å². The first kappa shape index (κ1) is 22.4. The van der Waals surface area contributed by atoms with Gasteiger partial charge in [0.05, 0.1) is 23.0 Å². The predicted octanol–water partition coefficient (Wildman–Crippen LogP) is 2.65. The van der Waals surface area contributed by atoms with E-state index in [0.29, 0.717) is 11.4 Å². The summed E-state index contributed by atoms with van der Waals surface area (Å²) in [7, 11) is 0. The van der Waals surface area contributed by atoms with Crippen molar-refractivity contribution in [1.29, 1.82) is 0 Å². The number of amides is 3. The highest BCUT2D eigenvalue weighted by Crippen LogP contribution is 2.36. The molecular formula is C22H23N3O5S. The standard InChI is InChI=1S/C22H23N3O5S/c1-12-5-4-6-16(13(12)2)24-19(26)10-23-20(27)11-30-22(29)15-7-8-18-17(9-15)25-21(28)14(3)31-18/h4-9,14H,10-11H2,1-3H3,(H,23,27)(H,24,26)(H,25,28)/t14-/m1/s1. The largest absolute Gasteiger partial charge is 0.452 e. The van der Waals surface area contributed by atoms with Gasteiger partial charge in [0.1, 0.15) is 0 Å². The van der Waals surface area contributed by atoms with Crippen molar-refractivity contribution < 1.29 is 23.9 Å². The van der Waals surface area contributed by atoms with Crippen molar-refractivity contribution in [2.45, 2.75) is 30.9 Å². The lowest BCUT2D eigenvalue weighted by atomic mass is 10.1. The minimum absolute atomic E-state index is 0.137. The molecule has 0 saturated carbocycles. The van der Waals surface area contributed by atoms with Crippen LogP contribution in [-0.2, 0) is 19.1 Å². The molecule has 162 valence electrons. The van der Waals surface area contributed by atoms with Gasteiger partial charge in [-0.05, 0) is 56.2 Å². The number of hydrogen-bond donors (Lipinski definition) is 3. The third-order valence-corrected chi connectivity index (χ3v) is 5.98. The molecule has 0 bridgehead atoms. The Hall–Kier alpha value is -3.33. The Balaban J connectivity index is 1.47. The number of carbonyl (C=O) groups is 4. The third-order valence-electron chi connectivity index (χ3n) is 4.81. The Labute approximate surface area is 184 Å². The van der Waals surface area contributed by atoms with Crippen molar-refractivity contribution in [2.75, 3.05) is 23.8 Å². The molecule has 9 heteroatoms. The Morgan fingerprint density at radius 2 is 1.90 bits per heavy atom. The molecule has 0 spiro atoms. The van der Waals surface area contributed by atoms with E-state index in [4.69, 9.17) is 4.74 Å². The number of fused-ring (bicyclic) bond motifs is 1. The Kier molecular flexibility index (Phi) is 6.96. The summed E-state index contributed by atoms with van der Waals surface area (Å²) in [5, 5.41) is 7.68. The first-order chi connectivity index (χ1) is 14.7. The van der Waals surface area contributed by atoms with E-state index in [1.165, 1.54) is 17.8 Å². The fraction of sp³-hybridized carbons (Fsp3) is 0.273. The molecule has 1 aliphatic heterocycles. The van der Waals surface area contributed by atoms with Crippen molar-refractivity contribution >= 4 is 46.8 Å². The Morgan fingerprint density at radius 1 is 1.13 bits per heavy atom. The molecule has 0 saturated heterocycles. The van der Waals surface area contributed by atoms with Gasteiger partial charge in [-0.15, -0.1) is 11.8 Å². The van der Waals surface area contributed by atoms with Crippen molar-refractivity contribution in [3.63, 3.8) is 0 Å². The summed E-state index contributed by atoms with van der Waals surface area (Å²) in [5.41, 5.74) is 3.43. The van der Waals surface area contributed by atoms with Gasteiger partial charge in [0, 0.05) is 10.6 Å². The summed E-state index contributed by atoms with van der Waals surface area (Å²) in [6.45, 7) is 4.87. The molecule has 1 heterocycles. The summed E-state index contributed by atoms with van der Waals surface area (Å²) in [6, 6.07) is 10.4. The lowest BCUT2D eigenvalue weighted by Crippen LogP contribution is -2.35. The van der Waals surface area contributed by atoms with E-state index in [2.05, 4.69) is 16.0 Å². The van der Waals surface area contributed by atoms with E-state index >= 15 is 0 Å². The van der Waals surface area contributed by atoms with Gasteiger partial charge in [0.2, 0.25) is 11.8 Å². The van der Waals surface area contributed by atoms with Gasteiger partial charge >= 0.3 is 5.97 Å². The van der Waals surface area contributed by atoms with E-state index < -0.39 is 18.5 Å². The van der Waals surface area contributed by atoms with Gasteiger partial charge in [-0.3, -0.25) is 14.4 Å². The molecule has 1 aliphatic rings. The maximum absolute atomic E-state index is 12.2. The SMILES string of the molecule is Cc1cccc(NC(=O)CNC(=O)COC(=O)c2ccc3c(c2)NC(=O)[C@@H](C)S3)c1C. The van der Waals surface area contributed by atoms with Crippen LogP contribution in [0.2, 0.25) is 0 Å². The van der Waals surface area contributed by atoms with E-state index in [0.717, 1.165) is 16.0 Å². The van der Waals surface area contributed by atoms with Gasteiger partial charge in [-0.25, -0.2) is 4.79 Å². The van der Waals surface area contributed by atoms with Crippen LogP contribution < -0.4 is 16.0 Å². The average molecular weight is 442 g/mol. The van der Waals surface area contributed by atoms with E-state index in [9.17, 15) is 19.2 Å². The second-order valence-corrected chi connectivity index (χ2v) is 8.49. The van der Waals surface area contributed by atoms with Gasteiger partial charge in [-0.2, -0.15) is 0 Å². The first-order valence-electron chi connectivity index (χ1n) is 9.66. The van der Waals surface area contributed by atoms with Crippen LogP contribution in [0, 0.1) is 13.8 Å². The number of nitrogens with one attached hydrogen (secondary N) is 3. The predicted molar refractivity (Wildman–Crippen MR) is 118 cm³/mol. The summed E-state index contributed by atoms with van der Waals surface area (Å²) in [5.74, 6) is -1.82. The zero-order chi connectivity index (χ0) is 22.5. The molecule has 8 nitrogen and oxygen atoms in total. The smallest absolute Gasteiger partial charge is 0.338 e. The molecule has 2 aromatic rings. The highest BCUT2D eigenvalue weighted by atomic mass is 32.2. The van der Waals surface area contributed by atoms with Crippen LogP contribution in [0.5, 0.6) is 0 Å². The normalized spacial score (nSPS) is 14.8. The van der Waals surface area contributed by atoms with Crippen LogP contribution in [0.4, 0.5) is 11.4 Å². The number of aryl methyl sites for hydroxylation is 1. The quantitative estimate of drug-likeness (QED) is 0.594. The van der Waals surface area contributed by atoms with Gasteiger partial charge in [0.15, 0.2) is 6.61 Å². The zero-order valence-corrected chi connectivity index (χ0v) is 18.2. The van der Waals surface area contributed by atoms with Crippen LogP contribution in [-0.4, -0.2) is 42.1 Å². The maximum atomic E-state index is 12.2. The van der Waals surface area contributed by atoms with E-state index in [1.54, 1.807) is 25.1 Å². The van der Waals surface area contributed by atoms with Crippen LogP contribution in [0.3, 0.4) is 0 Å². The van der Waals surface area contributed by atoms with Gasteiger partial charge in [-0.1, -0.05) is 12.1 Å². The van der Waals surface area contributed by atoms with E-state index in [1.807, 2.05) is 26.0 Å². The van der Waals surface area contributed by atoms with Crippen LogP contribution >= 0.6 is 11.8 Å². The lowest BCUT2D eigenvalue weighted by molar-refractivity contribution is -0.126. The number of carbonyl (C=O) groups excluding carboxylic acids is 4. The number of esters is 1. The number of anilines is 2. The highest BCUT2D eigenvalue weighted by molar-refractivity contribution is 8.00. The van der Waals surface area contributed by atoms with Crippen molar-refractivity contribution in [2.24, 2.45) is 0 Å². The molecule has 0 unspecified atom stereocenters. The Bertz CT molecular complexity index is 1050. The van der Waals surface area contributed by atoms with Crippen molar-refractivity contribution in [3.05, 3.63) is 53.1 Å². The number of benzene rings is 2. The fourth-order valence-corrected chi connectivity index (χ4v) is 3.79. The molecule has 3 N–H and O–H groups in total. The van der Waals surface area contributed by atoms with Crippen LogP contribution in [0.1, 0.15) is 28.4 Å². The van der Waals surface area contributed by atoms with E-state index in [-0.39, 0.29) is 29.2 Å². The maximum Gasteiger partial charge on any atom is 0.338 e. The van der Waals surface area contributed by atoms with Gasteiger partial charge in [0.25, 0.3) is 5.91 Å². The molecule has 3 amide bonds. The fourth-order valence-electron chi connectivity index (χ4n) is 2.86. The number of ether oxygens (including phenoxy) is 1. The zero-order valence-electron chi connectivity index (χ0n) is 17.4. The second kappa shape index (κ2) is 9.65. The first-order valence-corrected chi connectivity index (χ1v) is 10.5. The Morgan fingerprint density at radius 3 is 2.68 bits per heavy atom. The molecule has 0 aromatic heterocycles. The molecule has 31 heavy (non-hydrogen) atoms. The topological polar surface area (TPSA) is 114 Å². The average Bonchev–Trinajstić information content (AvgIpc) is 2.74. The lowest BCUT2D eigenvalue weighted by Gasteiger charge is -2.21. The molecule has 0 fully saturated rings. The third kappa shape index (κ3) is 5.64. The van der Waals surface area contributed by atoms with Crippen molar-refractivity contribution in [3.8, 4) is 0 Å². The molecular weight excluding hydrogens is 418 g/mol. The van der Waals surface area contributed by atoms with Crippen LogP contribution in [0.25, 0.3) is 0 Å². The summed E-state index contributed by atoms with van der Waals surface area (Å²) < 4.78 is 5.01. The number of thioether (sulfide) groups is 1. The summed E-state index contributed by atoms with van der Waals surface area (Å²) in [4.78, 5) is 48.9. The number of hydrogen-bond acceptors (Lipinski definition) is 6. The molecule has 3 rings (SSSR count).